The summed E-state index contributed by atoms with van der Waals surface area (Å²) in [5.74, 6) is -0.640. The van der Waals surface area contributed by atoms with Gasteiger partial charge in [-0.25, -0.2) is 8.42 Å². The van der Waals surface area contributed by atoms with Gasteiger partial charge in [-0.2, -0.15) is 0 Å². The van der Waals surface area contributed by atoms with Crippen LogP contribution in [0.5, 0.6) is 0 Å². The molecule has 0 unspecified atom stereocenters. The molecule has 0 aliphatic carbocycles. The van der Waals surface area contributed by atoms with Crippen LogP contribution in [0.15, 0.2) is 27.7 Å². The Hall–Kier alpha value is -2.07. The first-order valence-electron chi connectivity index (χ1n) is 7.52. The van der Waals surface area contributed by atoms with Crippen LogP contribution in [0.25, 0.3) is 6.08 Å². The number of amides is 3. The first-order chi connectivity index (χ1) is 11.8. The fraction of sp³-hybridized carbons (Fsp3) is 0.400. The molecule has 0 radical (unpaired) electrons. The second-order valence-corrected chi connectivity index (χ2v) is 9.07. The van der Waals surface area contributed by atoms with E-state index in [9.17, 15) is 22.8 Å². The average Bonchev–Trinajstić information content (AvgIpc) is 3.24. The second kappa shape index (κ2) is 6.68. The molecule has 3 amide bonds. The number of carbonyl (C=O) groups excluding carboxylic acids is 3. The van der Waals surface area contributed by atoms with E-state index in [1.165, 1.54) is 24.3 Å². The molecular formula is C15H16N2O6S2. The van der Waals surface area contributed by atoms with Crippen LogP contribution in [-0.2, 0) is 19.4 Å². The Kier molecular flexibility index (Phi) is 4.74. The highest BCUT2D eigenvalue weighted by Crippen LogP contribution is 2.32. The summed E-state index contributed by atoms with van der Waals surface area (Å²) in [4.78, 5) is 39.1. The van der Waals surface area contributed by atoms with Gasteiger partial charge in [-0.1, -0.05) is 0 Å². The molecule has 134 valence electrons. The van der Waals surface area contributed by atoms with Gasteiger partial charge < -0.3 is 9.32 Å². The van der Waals surface area contributed by atoms with Gasteiger partial charge >= 0.3 is 0 Å². The van der Waals surface area contributed by atoms with Crippen LogP contribution >= 0.6 is 11.8 Å². The number of sulfone groups is 1. The Labute approximate surface area is 148 Å². The Morgan fingerprint density at radius 1 is 1.48 bits per heavy atom. The Bertz CT molecular complexity index is 843. The zero-order chi connectivity index (χ0) is 18.2. The maximum atomic E-state index is 12.3. The van der Waals surface area contributed by atoms with Crippen molar-refractivity contribution in [2.45, 2.75) is 12.5 Å². The standard InChI is InChI=1S/C15H16N2O6S2/c1-16(10-4-6-25(21,22)9-10)13(18)8-17-14(19)12(24-15(17)20)7-11-3-2-5-23-11/h2-3,5,7,10H,4,6,8-9H2,1H3/b12-7-/t10-/m0/s1. The lowest BCUT2D eigenvalue weighted by molar-refractivity contribution is -0.136. The molecule has 3 rings (SSSR count). The molecule has 0 saturated carbocycles. The number of carbonyl (C=O) groups is 3. The lowest BCUT2D eigenvalue weighted by atomic mass is 10.2. The van der Waals surface area contributed by atoms with E-state index in [0.717, 1.165) is 16.7 Å². The summed E-state index contributed by atoms with van der Waals surface area (Å²) in [6.07, 6.45) is 3.26. The van der Waals surface area contributed by atoms with Crippen molar-refractivity contribution < 1.29 is 27.2 Å². The number of thioether (sulfide) groups is 1. The molecule has 2 saturated heterocycles. The molecule has 0 aromatic carbocycles. The Balaban J connectivity index is 1.67. The number of furan rings is 1. The van der Waals surface area contributed by atoms with Crippen LogP contribution in [0.4, 0.5) is 4.79 Å². The van der Waals surface area contributed by atoms with Crippen molar-refractivity contribution in [2.75, 3.05) is 25.1 Å². The van der Waals surface area contributed by atoms with E-state index < -0.39 is 39.5 Å². The maximum absolute atomic E-state index is 12.3. The number of likely N-dealkylation sites (N-methyl/N-ethyl adjacent to an activating group) is 1. The molecule has 25 heavy (non-hydrogen) atoms. The summed E-state index contributed by atoms with van der Waals surface area (Å²) in [6.45, 7) is -0.410. The van der Waals surface area contributed by atoms with E-state index in [-0.39, 0.29) is 16.4 Å². The van der Waals surface area contributed by atoms with Gasteiger partial charge in [0.25, 0.3) is 11.1 Å². The molecule has 1 aromatic rings. The van der Waals surface area contributed by atoms with Crippen LogP contribution in [0, 0.1) is 0 Å². The van der Waals surface area contributed by atoms with Crippen LogP contribution in [0.3, 0.4) is 0 Å². The molecule has 8 nitrogen and oxygen atoms in total. The minimum absolute atomic E-state index is 0.0444. The highest BCUT2D eigenvalue weighted by Gasteiger charge is 2.39. The topological polar surface area (TPSA) is 105 Å². The van der Waals surface area contributed by atoms with E-state index in [1.54, 1.807) is 12.1 Å². The number of imide groups is 1. The summed E-state index contributed by atoms with van der Waals surface area (Å²) < 4.78 is 28.2. The summed E-state index contributed by atoms with van der Waals surface area (Å²) in [6, 6.07) is 2.88. The smallest absolute Gasteiger partial charge is 0.294 e. The van der Waals surface area contributed by atoms with Gasteiger partial charge in [0.2, 0.25) is 5.91 Å². The highest BCUT2D eigenvalue weighted by molar-refractivity contribution is 8.18. The van der Waals surface area contributed by atoms with Crippen molar-refractivity contribution in [3.8, 4) is 0 Å². The molecular weight excluding hydrogens is 368 g/mol. The molecule has 0 bridgehead atoms. The third-order valence-electron chi connectivity index (χ3n) is 4.13. The molecule has 3 heterocycles. The fourth-order valence-electron chi connectivity index (χ4n) is 2.67. The van der Waals surface area contributed by atoms with Crippen LogP contribution in [0.1, 0.15) is 12.2 Å². The molecule has 0 spiro atoms. The first-order valence-corrected chi connectivity index (χ1v) is 10.2. The Morgan fingerprint density at radius 2 is 2.24 bits per heavy atom. The first kappa shape index (κ1) is 17.7. The van der Waals surface area contributed by atoms with E-state index in [2.05, 4.69) is 0 Å². The summed E-state index contributed by atoms with van der Waals surface area (Å²) in [5, 5.41) is -0.538. The molecule has 1 atom stereocenters. The molecule has 2 aliphatic rings. The van der Waals surface area contributed by atoms with E-state index in [1.807, 2.05) is 0 Å². The van der Waals surface area contributed by atoms with E-state index in [4.69, 9.17) is 4.42 Å². The summed E-state index contributed by atoms with van der Waals surface area (Å²) in [5.41, 5.74) is 0. The minimum Gasteiger partial charge on any atom is -0.465 e. The molecule has 10 heteroatoms. The monoisotopic (exact) mass is 384 g/mol. The van der Waals surface area contributed by atoms with E-state index in [0.29, 0.717) is 12.2 Å². The minimum atomic E-state index is -3.13. The van der Waals surface area contributed by atoms with Crippen LogP contribution in [-0.4, -0.2) is 66.4 Å². The molecule has 0 N–H and O–H groups in total. The van der Waals surface area contributed by atoms with Gasteiger partial charge in [0.1, 0.15) is 12.3 Å². The molecule has 2 aliphatic heterocycles. The van der Waals surface area contributed by atoms with Crippen molar-refractivity contribution in [1.29, 1.82) is 0 Å². The quantitative estimate of drug-likeness (QED) is 0.712. The molecule has 2 fully saturated rings. The van der Waals surface area contributed by atoms with Gasteiger partial charge in [-0.15, -0.1) is 0 Å². The van der Waals surface area contributed by atoms with Gasteiger partial charge in [-0.3, -0.25) is 19.3 Å². The largest absolute Gasteiger partial charge is 0.465 e. The highest BCUT2D eigenvalue weighted by atomic mass is 32.2. The van der Waals surface area contributed by atoms with E-state index >= 15 is 0 Å². The van der Waals surface area contributed by atoms with Gasteiger partial charge in [-0.05, 0) is 30.3 Å². The maximum Gasteiger partial charge on any atom is 0.294 e. The van der Waals surface area contributed by atoms with Gasteiger partial charge in [0.15, 0.2) is 9.84 Å². The third kappa shape index (κ3) is 3.79. The zero-order valence-electron chi connectivity index (χ0n) is 13.4. The van der Waals surface area contributed by atoms with Crippen molar-refractivity contribution in [3.63, 3.8) is 0 Å². The predicted octanol–water partition coefficient (Wildman–Crippen LogP) is 0.961. The predicted molar refractivity (Wildman–Crippen MR) is 91.2 cm³/mol. The third-order valence-corrected chi connectivity index (χ3v) is 6.79. The van der Waals surface area contributed by atoms with Crippen molar-refractivity contribution in [1.82, 2.24) is 9.80 Å². The number of rotatable bonds is 4. The number of hydrogen-bond acceptors (Lipinski definition) is 7. The Morgan fingerprint density at radius 3 is 2.84 bits per heavy atom. The lowest BCUT2D eigenvalue weighted by Gasteiger charge is -2.25. The van der Waals surface area contributed by atoms with Gasteiger partial charge in [0.05, 0.1) is 22.7 Å². The van der Waals surface area contributed by atoms with Crippen molar-refractivity contribution in [3.05, 3.63) is 29.1 Å². The van der Waals surface area contributed by atoms with Crippen LogP contribution < -0.4 is 0 Å². The molecule has 1 aromatic heterocycles. The lowest BCUT2D eigenvalue weighted by Crippen LogP contribution is -2.45. The summed E-state index contributed by atoms with van der Waals surface area (Å²) >= 11 is 0.738. The van der Waals surface area contributed by atoms with Crippen LogP contribution in [0.2, 0.25) is 0 Å². The van der Waals surface area contributed by atoms with Crippen molar-refractivity contribution in [2.24, 2.45) is 0 Å². The number of nitrogens with zero attached hydrogens (tertiary/aromatic N) is 2. The SMILES string of the molecule is CN(C(=O)CN1C(=O)S/C(=C\c2ccco2)C1=O)[C@H]1CCS(=O)(=O)C1. The normalized spacial score (nSPS) is 24.3. The van der Waals surface area contributed by atoms with Gasteiger partial charge in [0, 0.05) is 19.2 Å². The zero-order valence-corrected chi connectivity index (χ0v) is 15.0. The second-order valence-electron chi connectivity index (χ2n) is 5.84. The average molecular weight is 384 g/mol. The summed E-state index contributed by atoms with van der Waals surface area (Å²) in [7, 11) is -1.63. The number of hydrogen-bond donors (Lipinski definition) is 0. The fourth-order valence-corrected chi connectivity index (χ4v) is 5.26. The van der Waals surface area contributed by atoms with Crippen molar-refractivity contribution >= 4 is 44.7 Å².